The van der Waals surface area contributed by atoms with E-state index < -0.39 is 0 Å². The van der Waals surface area contributed by atoms with Crippen LogP contribution in [0, 0.1) is 0 Å². The minimum atomic E-state index is -0.0570. The molecule has 0 radical (unpaired) electrons. The average molecular weight is 215 g/mol. The quantitative estimate of drug-likeness (QED) is 0.760. The number of methoxy groups -OCH3 is 1. The summed E-state index contributed by atoms with van der Waals surface area (Å²) in [5.74, 6) is 0. The Hall–Kier alpha value is -0.120. The van der Waals surface area contributed by atoms with Gasteiger partial charge in [-0.3, -0.25) is 0 Å². The Kier molecular flexibility index (Phi) is 5.03. The molecule has 3 nitrogen and oxygen atoms in total. The topological polar surface area (TPSA) is 30.5 Å². The predicted molar refractivity (Wildman–Crippen MR) is 62.1 cm³/mol. The van der Waals surface area contributed by atoms with E-state index in [1.165, 1.54) is 0 Å². The molecule has 1 rings (SSSR count). The molecule has 1 saturated heterocycles. The van der Waals surface area contributed by atoms with Crippen LogP contribution < -0.4 is 5.32 Å². The number of rotatable bonds is 5. The molecule has 0 bridgehead atoms. The molecule has 0 saturated carbocycles. The van der Waals surface area contributed by atoms with Gasteiger partial charge in [-0.1, -0.05) is 0 Å². The molecule has 0 aromatic heterocycles. The highest BCUT2D eigenvalue weighted by molar-refractivity contribution is 4.76. The number of ether oxygens (including phenoxy) is 2. The van der Waals surface area contributed by atoms with Crippen molar-refractivity contribution < 1.29 is 9.47 Å². The first-order chi connectivity index (χ1) is 7.03. The van der Waals surface area contributed by atoms with Crippen molar-refractivity contribution in [2.45, 2.75) is 57.8 Å². The van der Waals surface area contributed by atoms with E-state index in [1.807, 2.05) is 0 Å². The lowest BCUT2D eigenvalue weighted by molar-refractivity contribution is -0.0353. The molecule has 0 aliphatic carbocycles. The maximum Gasteiger partial charge on any atom is 0.0644 e. The fourth-order valence-corrected chi connectivity index (χ4v) is 1.81. The minimum absolute atomic E-state index is 0.0570. The zero-order valence-corrected chi connectivity index (χ0v) is 10.5. The lowest BCUT2D eigenvalue weighted by Gasteiger charge is -2.29. The number of nitrogens with one attached hydrogen (secondary N) is 1. The van der Waals surface area contributed by atoms with Crippen LogP contribution in [0.25, 0.3) is 0 Å². The Morgan fingerprint density at radius 2 is 2.13 bits per heavy atom. The summed E-state index contributed by atoms with van der Waals surface area (Å²) in [6, 6.07) is 0.596. The third kappa shape index (κ3) is 4.96. The molecule has 0 aromatic carbocycles. The Morgan fingerprint density at radius 3 is 2.73 bits per heavy atom. The second-order valence-electron chi connectivity index (χ2n) is 5.09. The molecular weight excluding hydrogens is 190 g/mol. The van der Waals surface area contributed by atoms with Crippen LogP contribution in [0.15, 0.2) is 0 Å². The number of hydrogen-bond acceptors (Lipinski definition) is 3. The Bertz CT molecular complexity index is 182. The second kappa shape index (κ2) is 5.83. The third-order valence-corrected chi connectivity index (χ3v) is 3.19. The summed E-state index contributed by atoms with van der Waals surface area (Å²) in [6.45, 7) is 8.30. The summed E-state index contributed by atoms with van der Waals surface area (Å²) in [6.07, 6.45) is 3.67. The highest BCUT2D eigenvalue weighted by atomic mass is 16.5. The fourth-order valence-electron chi connectivity index (χ4n) is 1.81. The van der Waals surface area contributed by atoms with Crippen molar-refractivity contribution in [2.24, 2.45) is 0 Å². The van der Waals surface area contributed by atoms with Gasteiger partial charge < -0.3 is 14.8 Å². The van der Waals surface area contributed by atoms with Gasteiger partial charge >= 0.3 is 0 Å². The van der Waals surface area contributed by atoms with Crippen LogP contribution in [0.2, 0.25) is 0 Å². The van der Waals surface area contributed by atoms with Crippen LogP contribution in [-0.4, -0.2) is 38.0 Å². The smallest absolute Gasteiger partial charge is 0.0644 e. The van der Waals surface area contributed by atoms with Crippen molar-refractivity contribution in [3.05, 3.63) is 0 Å². The highest BCUT2D eigenvalue weighted by Crippen LogP contribution is 2.16. The van der Waals surface area contributed by atoms with Gasteiger partial charge in [0.15, 0.2) is 0 Å². The largest absolute Gasteiger partial charge is 0.379 e. The summed E-state index contributed by atoms with van der Waals surface area (Å²) < 4.78 is 11.2. The summed E-state index contributed by atoms with van der Waals surface area (Å²) in [5, 5.41) is 3.43. The van der Waals surface area contributed by atoms with Crippen molar-refractivity contribution in [3.63, 3.8) is 0 Å². The monoisotopic (exact) mass is 215 g/mol. The first-order valence-corrected chi connectivity index (χ1v) is 5.93. The van der Waals surface area contributed by atoms with Crippen molar-refractivity contribution in [2.75, 3.05) is 20.3 Å². The van der Waals surface area contributed by atoms with E-state index in [-0.39, 0.29) is 5.60 Å². The van der Waals surface area contributed by atoms with Crippen LogP contribution in [0.3, 0.4) is 0 Å². The molecule has 90 valence electrons. The Balaban J connectivity index is 2.14. The third-order valence-electron chi connectivity index (χ3n) is 3.19. The van der Waals surface area contributed by atoms with Gasteiger partial charge in [-0.05, 0) is 46.6 Å². The van der Waals surface area contributed by atoms with Crippen LogP contribution in [-0.2, 0) is 9.47 Å². The molecule has 1 heterocycles. The molecule has 1 aliphatic heterocycles. The van der Waals surface area contributed by atoms with Gasteiger partial charge in [0.05, 0.1) is 11.7 Å². The van der Waals surface area contributed by atoms with Crippen LogP contribution >= 0.6 is 0 Å². The van der Waals surface area contributed by atoms with E-state index in [9.17, 15) is 0 Å². The van der Waals surface area contributed by atoms with Crippen LogP contribution in [0.4, 0.5) is 0 Å². The lowest BCUT2D eigenvalue weighted by Crippen LogP contribution is -2.39. The highest BCUT2D eigenvalue weighted by Gasteiger charge is 2.21. The minimum Gasteiger partial charge on any atom is -0.379 e. The van der Waals surface area contributed by atoms with Crippen molar-refractivity contribution in [1.29, 1.82) is 0 Å². The molecule has 0 aromatic rings. The maximum atomic E-state index is 5.87. The number of piperidine rings is 1. The van der Waals surface area contributed by atoms with E-state index in [2.05, 4.69) is 26.1 Å². The predicted octanol–water partition coefficient (Wildman–Crippen LogP) is 1.96. The van der Waals surface area contributed by atoms with Gasteiger partial charge in [-0.25, -0.2) is 0 Å². The van der Waals surface area contributed by atoms with Crippen LogP contribution in [0.5, 0.6) is 0 Å². The average Bonchev–Trinajstić information content (AvgIpc) is 2.18. The Morgan fingerprint density at radius 1 is 1.40 bits per heavy atom. The van der Waals surface area contributed by atoms with E-state index in [0.717, 1.165) is 32.4 Å². The van der Waals surface area contributed by atoms with Gasteiger partial charge in [0.1, 0.15) is 0 Å². The van der Waals surface area contributed by atoms with E-state index in [1.54, 1.807) is 7.11 Å². The molecule has 3 heteroatoms. The second-order valence-corrected chi connectivity index (χ2v) is 5.09. The molecular formula is C12H25NO2. The van der Waals surface area contributed by atoms with Crippen molar-refractivity contribution in [3.8, 4) is 0 Å². The van der Waals surface area contributed by atoms with E-state index in [4.69, 9.17) is 9.47 Å². The summed E-state index contributed by atoms with van der Waals surface area (Å²) >= 11 is 0. The number of hydrogen-bond donors (Lipinski definition) is 1. The lowest BCUT2D eigenvalue weighted by atomic mass is 10.0. The van der Waals surface area contributed by atoms with E-state index in [0.29, 0.717) is 12.1 Å². The molecule has 1 fully saturated rings. The molecule has 2 atom stereocenters. The van der Waals surface area contributed by atoms with Crippen LogP contribution in [0.1, 0.15) is 40.0 Å². The zero-order chi connectivity index (χ0) is 11.3. The molecule has 2 unspecified atom stereocenters. The molecule has 0 amide bonds. The summed E-state index contributed by atoms with van der Waals surface area (Å²) in [7, 11) is 1.76. The summed E-state index contributed by atoms with van der Waals surface area (Å²) in [4.78, 5) is 0. The van der Waals surface area contributed by atoms with Gasteiger partial charge in [0.2, 0.25) is 0 Å². The first-order valence-electron chi connectivity index (χ1n) is 5.93. The fraction of sp³-hybridized carbons (Fsp3) is 1.00. The first kappa shape index (κ1) is 12.9. The van der Waals surface area contributed by atoms with E-state index >= 15 is 0 Å². The zero-order valence-electron chi connectivity index (χ0n) is 10.5. The molecule has 1 N–H and O–H groups in total. The SMILES string of the molecule is COC(C)(C)CCOC1CCNC(C)C1. The maximum absolute atomic E-state index is 5.87. The van der Waals surface area contributed by atoms with Crippen molar-refractivity contribution in [1.82, 2.24) is 5.32 Å². The standard InChI is InChI=1S/C12H25NO2/c1-10-9-11(5-7-13-10)15-8-6-12(2,3)14-4/h10-11,13H,5-9H2,1-4H3. The van der Waals surface area contributed by atoms with Gasteiger partial charge in [-0.2, -0.15) is 0 Å². The molecule has 1 aliphatic rings. The van der Waals surface area contributed by atoms with Crippen molar-refractivity contribution >= 4 is 0 Å². The summed E-state index contributed by atoms with van der Waals surface area (Å²) in [5.41, 5.74) is -0.0570. The van der Waals surface area contributed by atoms with Gasteiger partial charge in [0.25, 0.3) is 0 Å². The molecule has 0 spiro atoms. The van der Waals surface area contributed by atoms with Gasteiger partial charge in [0, 0.05) is 19.8 Å². The Labute approximate surface area is 93.5 Å². The molecule has 15 heavy (non-hydrogen) atoms. The normalized spacial score (nSPS) is 28.0. The van der Waals surface area contributed by atoms with Gasteiger partial charge in [-0.15, -0.1) is 0 Å².